The topological polar surface area (TPSA) is 85.9 Å². The molecule has 32 heavy (non-hydrogen) atoms. The number of aryl methyl sites for hydroxylation is 1. The van der Waals surface area contributed by atoms with Crippen molar-refractivity contribution in [3.63, 3.8) is 0 Å². The fourth-order valence-electron chi connectivity index (χ4n) is 4.40. The first kappa shape index (κ1) is 21.0. The smallest absolute Gasteiger partial charge is 0.228 e. The third-order valence-corrected chi connectivity index (χ3v) is 6.35. The number of rotatable bonds is 9. The molecule has 0 aromatic carbocycles. The number of anilines is 1. The van der Waals surface area contributed by atoms with E-state index < -0.39 is 0 Å². The Hall–Kier alpha value is -2.91. The molecule has 3 aromatic rings. The van der Waals surface area contributed by atoms with Crippen LogP contribution in [0.15, 0.2) is 30.6 Å². The molecule has 2 aliphatic rings. The van der Waals surface area contributed by atoms with Crippen LogP contribution in [0.25, 0.3) is 16.8 Å². The maximum atomic E-state index is 12.1. The molecule has 1 aliphatic heterocycles. The lowest BCUT2D eigenvalue weighted by atomic mass is 10.1. The van der Waals surface area contributed by atoms with Gasteiger partial charge in [0.2, 0.25) is 5.91 Å². The molecular weight excluding hydrogens is 408 g/mol. The van der Waals surface area contributed by atoms with Crippen molar-refractivity contribution >= 4 is 17.2 Å². The summed E-state index contributed by atoms with van der Waals surface area (Å²) in [5, 5.41) is 11.8. The van der Waals surface area contributed by atoms with Gasteiger partial charge in [-0.3, -0.25) is 14.4 Å². The summed E-state index contributed by atoms with van der Waals surface area (Å²) in [4.78, 5) is 14.5. The van der Waals surface area contributed by atoms with Gasteiger partial charge in [-0.25, -0.2) is 4.52 Å². The van der Waals surface area contributed by atoms with E-state index in [1.165, 1.54) is 6.42 Å². The van der Waals surface area contributed by atoms with Gasteiger partial charge in [-0.2, -0.15) is 10.2 Å². The Morgan fingerprint density at radius 2 is 2.16 bits per heavy atom. The lowest BCUT2D eigenvalue weighted by Crippen LogP contribution is -2.36. The molecule has 170 valence electrons. The first-order valence-corrected chi connectivity index (χ1v) is 11.3. The van der Waals surface area contributed by atoms with Gasteiger partial charge in [0.25, 0.3) is 0 Å². The molecule has 0 radical (unpaired) electrons. The molecule has 2 fully saturated rings. The number of aromatic nitrogens is 4. The average Bonchev–Trinajstić information content (AvgIpc) is 3.26. The van der Waals surface area contributed by atoms with Gasteiger partial charge >= 0.3 is 0 Å². The summed E-state index contributed by atoms with van der Waals surface area (Å²) < 4.78 is 15.1. The number of ether oxygens (including phenoxy) is 2. The fourth-order valence-corrected chi connectivity index (χ4v) is 4.40. The molecule has 1 saturated heterocycles. The maximum Gasteiger partial charge on any atom is 0.228 e. The minimum atomic E-state index is 0.0578. The molecule has 1 atom stereocenters. The van der Waals surface area contributed by atoms with Gasteiger partial charge in [0.1, 0.15) is 12.3 Å². The van der Waals surface area contributed by atoms with Gasteiger partial charge < -0.3 is 14.8 Å². The molecule has 1 amide bonds. The zero-order valence-electron chi connectivity index (χ0n) is 18.7. The number of hydrogen-bond donors (Lipinski definition) is 1. The summed E-state index contributed by atoms with van der Waals surface area (Å²) in [6.45, 7) is 3.40. The minimum absolute atomic E-state index is 0.0578. The van der Waals surface area contributed by atoms with Gasteiger partial charge in [-0.05, 0) is 44.4 Å². The normalized spacial score (nSPS) is 19.0. The van der Waals surface area contributed by atoms with Crippen molar-refractivity contribution in [3.05, 3.63) is 30.6 Å². The summed E-state index contributed by atoms with van der Waals surface area (Å²) >= 11 is 0. The van der Waals surface area contributed by atoms with Gasteiger partial charge in [-0.1, -0.05) is 0 Å². The summed E-state index contributed by atoms with van der Waals surface area (Å²) in [6, 6.07) is 6.33. The van der Waals surface area contributed by atoms with Crippen LogP contribution in [-0.4, -0.2) is 69.7 Å². The zero-order chi connectivity index (χ0) is 22.1. The summed E-state index contributed by atoms with van der Waals surface area (Å²) in [5.74, 6) is 1.56. The number of fused-ring (bicyclic) bond motifs is 1. The zero-order valence-corrected chi connectivity index (χ0v) is 18.7. The summed E-state index contributed by atoms with van der Waals surface area (Å²) in [7, 11) is 3.66. The number of amides is 1. The number of nitrogens with one attached hydrogen (secondary N) is 1. The van der Waals surface area contributed by atoms with Crippen LogP contribution in [0.3, 0.4) is 0 Å². The minimum Gasteiger partial charge on any atom is -0.488 e. The second-order valence-corrected chi connectivity index (χ2v) is 8.69. The Kier molecular flexibility index (Phi) is 5.84. The van der Waals surface area contributed by atoms with Crippen LogP contribution in [0, 0.1) is 5.92 Å². The largest absolute Gasteiger partial charge is 0.488 e. The maximum absolute atomic E-state index is 12.1. The van der Waals surface area contributed by atoms with Crippen molar-refractivity contribution in [2.24, 2.45) is 13.0 Å². The lowest BCUT2D eigenvalue weighted by Gasteiger charge is -2.24. The molecular formula is C23H30N6O3. The van der Waals surface area contributed by atoms with Crippen LogP contribution < -0.4 is 10.1 Å². The average molecular weight is 439 g/mol. The Morgan fingerprint density at radius 1 is 1.28 bits per heavy atom. The van der Waals surface area contributed by atoms with Crippen LogP contribution in [0.1, 0.15) is 25.7 Å². The molecule has 5 rings (SSSR count). The highest BCUT2D eigenvalue weighted by Gasteiger charge is 2.30. The number of pyridine rings is 1. The molecule has 9 nitrogen and oxygen atoms in total. The number of nitrogens with zero attached hydrogens (tertiary/aromatic N) is 5. The highest BCUT2D eigenvalue weighted by atomic mass is 16.5. The van der Waals surface area contributed by atoms with E-state index in [0.29, 0.717) is 18.5 Å². The monoisotopic (exact) mass is 438 g/mol. The van der Waals surface area contributed by atoms with Crippen molar-refractivity contribution < 1.29 is 14.3 Å². The molecule has 0 bridgehead atoms. The molecule has 9 heteroatoms. The Bertz CT molecular complexity index is 1100. The SMILES string of the molecule is COCCN1CCC[C@@H]1COc1cnn(C)c1-c1ccn2nc(NC(=O)C3CC3)cc2c1. The van der Waals surface area contributed by atoms with Crippen LogP contribution >= 0.6 is 0 Å². The van der Waals surface area contributed by atoms with E-state index in [1.807, 2.05) is 36.1 Å². The van der Waals surface area contributed by atoms with E-state index in [4.69, 9.17) is 9.47 Å². The van der Waals surface area contributed by atoms with E-state index in [2.05, 4.69) is 20.4 Å². The van der Waals surface area contributed by atoms with Crippen LogP contribution in [0.4, 0.5) is 5.82 Å². The number of carbonyl (C=O) groups is 1. The van der Waals surface area contributed by atoms with Gasteiger partial charge in [0, 0.05) is 50.5 Å². The number of carbonyl (C=O) groups excluding carboxylic acids is 1. The lowest BCUT2D eigenvalue weighted by molar-refractivity contribution is -0.117. The van der Waals surface area contributed by atoms with Crippen LogP contribution in [-0.2, 0) is 16.6 Å². The summed E-state index contributed by atoms with van der Waals surface area (Å²) in [6.07, 6.45) is 7.95. The fraction of sp³-hybridized carbons (Fsp3) is 0.522. The molecule has 4 heterocycles. The molecule has 1 N–H and O–H groups in total. The van der Waals surface area contributed by atoms with E-state index in [1.54, 1.807) is 17.8 Å². The molecule has 0 unspecified atom stereocenters. The quantitative estimate of drug-likeness (QED) is 0.553. The van der Waals surface area contributed by atoms with Crippen molar-refractivity contribution in [2.45, 2.75) is 31.7 Å². The van der Waals surface area contributed by atoms with E-state index in [0.717, 1.165) is 61.5 Å². The molecule has 1 saturated carbocycles. The number of likely N-dealkylation sites (tertiary alicyclic amines) is 1. The van der Waals surface area contributed by atoms with Crippen LogP contribution in [0.2, 0.25) is 0 Å². The van der Waals surface area contributed by atoms with Gasteiger partial charge in [0.15, 0.2) is 11.6 Å². The van der Waals surface area contributed by atoms with E-state index >= 15 is 0 Å². The van der Waals surface area contributed by atoms with Gasteiger partial charge in [0.05, 0.1) is 18.3 Å². The molecule has 0 spiro atoms. The second-order valence-electron chi connectivity index (χ2n) is 8.69. The van der Waals surface area contributed by atoms with E-state index in [9.17, 15) is 4.79 Å². The standard InChI is InChI=1S/C23H30N6O3/c1-27-22(20(14-24-27)32-15-18-4-3-8-28(18)10-11-31-2)17-7-9-29-19(12-17)13-21(26-29)25-23(30)16-5-6-16/h7,9,12-14,16,18H,3-6,8,10-11,15H2,1-2H3,(H,25,26,30)/t18-/m1/s1. The van der Waals surface area contributed by atoms with E-state index in [-0.39, 0.29) is 11.8 Å². The Balaban J connectivity index is 1.32. The highest BCUT2D eigenvalue weighted by molar-refractivity contribution is 5.93. The third kappa shape index (κ3) is 4.35. The molecule has 3 aromatic heterocycles. The van der Waals surface area contributed by atoms with Crippen molar-refractivity contribution in [1.82, 2.24) is 24.3 Å². The molecule has 1 aliphatic carbocycles. The van der Waals surface area contributed by atoms with Crippen molar-refractivity contribution in [2.75, 3.05) is 38.7 Å². The third-order valence-electron chi connectivity index (χ3n) is 6.35. The predicted molar refractivity (Wildman–Crippen MR) is 121 cm³/mol. The van der Waals surface area contributed by atoms with Crippen LogP contribution in [0.5, 0.6) is 5.75 Å². The van der Waals surface area contributed by atoms with Crippen molar-refractivity contribution in [3.8, 4) is 17.0 Å². The summed E-state index contributed by atoms with van der Waals surface area (Å²) in [5.41, 5.74) is 2.83. The first-order chi connectivity index (χ1) is 15.6. The predicted octanol–water partition coefficient (Wildman–Crippen LogP) is 2.57. The van der Waals surface area contributed by atoms with Gasteiger partial charge in [-0.15, -0.1) is 0 Å². The second kappa shape index (κ2) is 8.91. The Labute approximate surface area is 187 Å². The Morgan fingerprint density at radius 3 is 2.97 bits per heavy atom. The first-order valence-electron chi connectivity index (χ1n) is 11.3. The number of hydrogen-bond acceptors (Lipinski definition) is 6. The highest BCUT2D eigenvalue weighted by Crippen LogP contribution is 2.32. The van der Waals surface area contributed by atoms with Crippen molar-refractivity contribution in [1.29, 1.82) is 0 Å². The number of methoxy groups -OCH3 is 1.